The summed E-state index contributed by atoms with van der Waals surface area (Å²) in [7, 11) is 1.59. The molecule has 0 aromatic heterocycles. The molecule has 0 saturated carbocycles. The predicted molar refractivity (Wildman–Crippen MR) is 66.5 cm³/mol. The lowest BCUT2D eigenvalue weighted by Crippen LogP contribution is -2.31. The number of nitrogens with one attached hydrogen (secondary N) is 2. The Kier molecular flexibility index (Phi) is 5.88. The van der Waals surface area contributed by atoms with Crippen LogP contribution < -0.4 is 15.4 Å². The molecule has 0 saturated heterocycles. The zero-order chi connectivity index (χ0) is 12.5. The summed E-state index contributed by atoms with van der Waals surface area (Å²) in [5, 5.41) is 5.37. The molecule has 0 fully saturated rings. The van der Waals surface area contributed by atoms with Gasteiger partial charge in [-0.15, -0.1) is 0 Å². The van der Waals surface area contributed by atoms with Gasteiger partial charge >= 0.3 is 6.03 Å². The van der Waals surface area contributed by atoms with Gasteiger partial charge in [-0.05, 0) is 31.2 Å². The van der Waals surface area contributed by atoms with E-state index >= 15 is 0 Å². The topological polar surface area (TPSA) is 59.6 Å². The van der Waals surface area contributed by atoms with Crippen LogP contribution in [-0.4, -0.2) is 32.9 Å². The summed E-state index contributed by atoms with van der Waals surface area (Å²) in [4.78, 5) is 11.4. The number of benzene rings is 1. The highest BCUT2D eigenvalue weighted by atomic mass is 16.5. The van der Waals surface area contributed by atoms with Gasteiger partial charge in [-0.1, -0.05) is 0 Å². The number of amides is 2. The highest BCUT2D eigenvalue weighted by Gasteiger charge is 2.00. The smallest absolute Gasteiger partial charge is 0.319 e. The van der Waals surface area contributed by atoms with E-state index in [0.29, 0.717) is 19.8 Å². The number of carbonyl (C=O) groups excluding carboxylic acids is 1. The van der Waals surface area contributed by atoms with Crippen molar-refractivity contribution in [2.24, 2.45) is 0 Å². The van der Waals surface area contributed by atoms with Crippen LogP contribution in [0.1, 0.15) is 6.92 Å². The SMILES string of the molecule is CCOc1ccc(NC(=O)NCCOC)cc1. The minimum Gasteiger partial charge on any atom is -0.494 e. The van der Waals surface area contributed by atoms with Gasteiger partial charge in [0.25, 0.3) is 0 Å². The van der Waals surface area contributed by atoms with Crippen LogP contribution in [0.5, 0.6) is 5.75 Å². The number of ether oxygens (including phenoxy) is 2. The van der Waals surface area contributed by atoms with Crippen molar-refractivity contribution in [1.29, 1.82) is 0 Å². The molecule has 0 spiro atoms. The summed E-state index contributed by atoms with van der Waals surface area (Å²) in [6.45, 7) is 3.54. The zero-order valence-corrected chi connectivity index (χ0v) is 10.2. The number of hydrogen-bond acceptors (Lipinski definition) is 3. The first-order valence-electron chi connectivity index (χ1n) is 5.53. The Balaban J connectivity index is 2.37. The van der Waals surface area contributed by atoms with Crippen LogP contribution in [0.3, 0.4) is 0 Å². The van der Waals surface area contributed by atoms with E-state index < -0.39 is 0 Å². The van der Waals surface area contributed by atoms with Crippen LogP contribution in [0.2, 0.25) is 0 Å². The van der Waals surface area contributed by atoms with Gasteiger partial charge in [0.05, 0.1) is 13.2 Å². The molecule has 1 aromatic rings. The van der Waals surface area contributed by atoms with E-state index in [0.717, 1.165) is 11.4 Å². The van der Waals surface area contributed by atoms with Crippen molar-refractivity contribution < 1.29 is 14.3 Å². The van der Waals surface area contributed by atoms with Gasteiger partial charge in [0.2, 0.25) is 0 Å². The molecule has 0 radical (unpaired) electrons. The number of hydrogen-bond donors (Lipinski definition) is 2. The second-order valence-corrected chi connectivity index (χ2v) is 3.33. The van der Waals surface area contributed by atoms with Gasteiger partial charge in [-0.2, -0.15) is 0 Å². The van der Waals surface area contributed by atoms with Crippen molar-refractivity contribution in [1.82, 2.24) is 5.32 Å². The summed E-state index contributed by atoms with van der Waals surface area (Å²) in [6.07, 6.45) is 0. The summed E-state index contributed by atoms with van der Waals surface area (Å²) in [5.74, 6) is 0.790. The van der Waals surface area contributed by atoms with Gasteiger partial charge in [-0.3, -0.25) is 0 Å². The van der Waals surface area contributed by atoms with E-state index in [1.54, 1.807) is 19.2 Å². The summed E-state index contributed by atoms with van der Waals surface area (Å²) < 4.78 is 10.1. The number of carbonyl (C=O) groups is 1. The van der Waals surface area contributed by atoms with Crippen molar-refractivity contribution in [3.8, 4) is 5.75 Å². The van der Waals surface area contributed by atoms with Crippen LogP contribution in [-0.2, 0) is 4.74 Å². The predicted octanol–water partition coefficient (Wildman–Crippen LogP) is 1.85. The number of methoxy groups -OCH3 is 1. The zero-order valence-electron chi connectivity index (χ0n) is 10.2. The quantitative estimate of drug-likeness (QED) is 0.744. The van der Waals surface area contributed by atoms with Crippen LogP contribution in [0.15, 0.2) is 24.3 Å². The lowest BCUT2D eigenvalue weighted by atomic mass is 10.3. The fourth-order valence-corrected chi connectivity index (χ4v) is 1.24. The Labute approximate surface area is 101 Å². The van der Waals surface area contributed by atoms with Gasteiger partial charge < -0.3 is 20.1 Å². The van der Waals surface area contributed by atoms with Gasteiger partial charge in [0, 0.05) is 19.3 Å². The van der Waals surface area contributed by atoms with Gasteiger partial charge in [0.15, 0.2) is 0 Å². The second-order valence-electron chi connectivity index (χ2n) is 3.33. The number of anilines is 1. The largest absolute Gasteiger partial charge is 0.494 e. The maximum Gasteiger partial charge on any atom is 0.319 e. The molecule has 1 aromatic carbocycles. The first kappa shape index (κ1) is 13.3. The minimum atomic E-state index is -0.244. The molecule has 94 valence electrons. The molecule has 2 N–H and O–H groups in total. The van der Waals surface area contributed by atoms with Crippen molar-refractivity contribution in [2.45, 2.75) is 6.92 Å². The molecule has 2 amide bonds. The third-order valence-electron chi connectivity index (χ3n) is 2.01. The van der Waals surface area contributed by atoms with Gasteiger partial charge in [-0.25, -0.2) is 4.79 Å². The Morgan fingerprint density at radius 2 is 2.00 bits per heavy atom. The maximum absolute atomic E-state index is 11.4. The normalized spacial score (nSPS) is 9.76. The third kappa shape index (κ3) is 5.21. The molecule has 1 rings (SSSR count). The van der Waals surface area contributed by atoms with Crippen LogP contribution in [0.4, 0.5) is 10.5 Å². The second kappa shape index (κ2) is 7.51. The molecule has 0 aliphatic rings. The summed E-state index contributed by atoms with van der Waals surface area (Å²) >= 11 is 0. The molecule has 0 aliphatic heterocycles. The van der Waals surface area contributed by atoms with Crippen molar-refractivity contribution >= 4 is 11.7 Å². The Bertz CT molecular complexity index is 338. The molecular formula is C12H18N2O3. The number of urea groups is 1. The molecule has 5 heteroatoms. The average Bonchev–Trinajstić information content (AvgIpc) is 2.32. The van der Waals surface area contributed by atoms with Crippen molar-refractivity contribution in [2.75, 3.05) is 32.2 Å². The van der Waals surface area contributed by atoms with E-state index in [2.05, 4.69) is 10.6 Å². The summed E-state index contributed by atoms with van der Waals surface area (Å²) in [5.41, 5.74) is 0.725. The Morgan fingerprint density at radius 3 is 2.59 bits per heavy atom. The molecule has 0 aliphatic carbocycles. The molecular weight excluding hydrogens is 220 g/mol. The van der Waals surface area contributed by atoms with E-state index in [4.69, 9.17) is 9.47 Å². The van der Waals surface area contributed by atoms with E-state index in [-0.39, 0.29) is 6.03 Å². The highest BCUT2D eigenvalue weighted by molar-refractivity contribution is 5.89. The average molecular weight is 238 g/mol. The van der Waals surface area contributed by atoms with Crippen LogP contribution in [0, 0.1) is 0 Å². The lowest BCUT2D eigenvalue weighted by molar-refractivity contribution is 0.198. The van der Waals surface area contributed by atoms with Gasteiger partial charge in [0.1, 0.15) is 5.75 Å². The van der Waals surface area contributed by atoms with E-state index in [1.165, 1.54) is 0 Å². The Hall–Kier alpha value is -1.75. The lowest BCUT2D eigenvalue weighted by Gasteiger charge is -2.08. The maximum atomic E-state index is 11.4. The minimum absolute atomic E-state index is 0.244. The Morgan fingerprint density at radius 1 is 1.29 bits per heavy atom. The fraction of sp³-hybridized carbons (Fsp3) is 0.417. The summed E-state index contributed by atoms with van der Waals surface area (Å²) in [6, 6.07) is 6.97. The molecule has 0 heterocycles. The molecule has 0 unspecified atom stereocenters. The molecule has 17 heavy (non-hydrogen) atoms. The van der Waals surface area contributed by atoms with Crippen LogP contribution >= 0.6 is 0 Å². The van der Waals surface area contributed by atoms with E-state index in [1.807, 2.05) is 19.1 Å². The first-order chi connectivity index (χ1) is 8.26. The van der Waals surface area contributed by atoms with E-state index in [9.17, 15) is 4.79 Å². The highest BCUT2D eigenvalue weighted by Crippen LogP contribution is 2.15. The first-order valence-corrected chi connectivity index (χ1v) is 5.53. The molecule has 0 atom stereocenters. The molecule has 5 nitrogen and oxygen atoms in total. The van der Waals surface area contributed by atoms with Crippen LogP contribution in [0.25, 0.3) is 0 Å². The van der Waals surface area contributed by atoms with Crippen molar-refractivity contribution in [3.05, 3.63) is 24.3 Å². The number of rotatable bonds is 6. The standard InChI is InChI=1S/C12H18N2O3/c1-3-17-11-6-4-10(5-7-11)14-12(15)13-8-9-16-2/h4-7H,3,8-9H2,1-2H3,(H2,13,14,15). The van der Waals surface area contributed by atoms with Crippen molar-refractivity contribution in [3.63, 3.8) is 0 Å². The monoisotopic (exact) mass is 238 g/mol. The molecule has 0 bridgehead atoms. The fourth-order valence-electron chi connectivity index (χ4n) is 1.24. The third-order valence-corrected chi connectivity index (χ3v) is 2.01.